The van der Waals surface area contributed by atoms with Crippen LogP contribution < -0.4 is 10.6 Å². The molecular formula is C14H25N3O4. The van der Waals surface area contributed by atoms with Crippen LogP contribution in [0.3, 0.4) is 0 Å². The van der Waals surface area contributed by atoms with Crippen LogP contribution in [0.2, 0.25) is 0 Å². The first-order chi connectivity index (χ1) is 10.1. The lowest BCUT2D eigenvalue weighted by Gasteiger charge is -2.33. The normalized spacial score (nSPS) is 21.9. The van der Waals surface area contributed by atoms with Crippen LogP contribution in [0.25, 0.3) is 0 Å². The van der Waals surface area contributed by atoms with E-state index < -0.39 is 17.5 Å². The zero-order valence-corrected chi connectivity index (χ0v) is 12.4. The van der Waals surface area contributed by atoms with Gasteiger partial charge < -0.3 is 25.4 Å². The molecule has 0 unspecified atom stereocenters. The number of carbonyl (C=O) groups excluding carboxylic acids is 1. The number of ether oxygens (including phenoxy) is 1. The minimum absolute atomic E-state index is 0.309. The van der Waals surface area contributed by atoms with E-state index in [1.54, 1.807) is 0 Å². The predicted molar refractivity (Wildman–Crippen MR) is 77.2 cm³/mol. The Morgan fingerprint density at radius 2 is 1.86 bits per heavy atom. The third-order valence-electron chi connectivity index (χ3n) is 4.24. The monoisotopic (exact) mass is 299 g/mol. The summed E-state index contributed by atoms with van der Waals surface area (Å²) in [5.41, 5.74) is -1.18. The standard InChI is InChI=1S/C14H25N3O4/c18-12(19)14(4-10-21-11-5-14)16-13(20)15-6-3-9-17-7-1-2-8-17/h1-11H2,(H,18,19)(H2,15,16,20). The van der Waals surface area contributed by atoms with Crippen LogP contribution in [-0.2, 0) is 9.53 Å². The van der Waals surface area contributed by atoms with E-state index in [0.29, 0.717) is 32.6 Å². The van der Waals surface area contributed by atoms with Crippen molar-refractivity contribution < 1.29 is 19.4 Å². The largest absolute Gasteiger partial charge is 0.480 e. The minimum Gasteiger partial charge on any atom is -0.480 e. The molecule has 7 heteroatoms. The van der Waals surface area contributed by atoms with E-state index in [1.807, 2.05) is 0 Å². The molecule has 0 saturated carbocycles. The molecule has 21 heavy (non-hydrogen) atoms. The van der Waals surface area contributed by atoms with Crippen LogP contribution >= 0.6 is 0 Å². The van der Waals surface area contributed by atoms with Crippen molar-refractivity contribution >= 4 is 12.0 Å². The summed E-state index contributed by atoms with van der Waals surface area (Å²) in [6.07, 6.45) is 4.03. The van der Waals surface area contributed by atoms with Crippen molar-refractivity contribution in [3.63, 3.8) is 0 Å². The average Bonchev–Trinajstić information content (AvgIpc) is 2.98. The molecule has 2 amide bonds. The molecule has 2 saturated heterocycles. The lowest BCUT2D eigenvalue weighted by Crippen LogP contribution is -2.59. The second-order valence-electron chi connectivity index (χ2n) is 5.78. The second-order valence-corrected chi connectivity index (χ2v) is 5.78. The summed E-state index contributed by atoms with van der Waals surface area (Å²) in [5.74, 6) is -0.988. The molecule has 0 aromatic carbocycles. The van der Waals surface area contributed by atoms with Gasteiger partial charge in [0, 0.05) is 32.6 Å². The van der Waals surface area contributed by atoms with Gasteiger partial charge in [-0.25, -0.2) is 9.59 Å². The van der Waals surface area contributed by atoms with Crippen LogP contribution in [-0.4, -0.2) is 66.9 Å². The van der Waals surface area contributed by atoms with Gasteiger partial charge in [-0.05, 0) is 38.9 Å². The maximum absolute atomic E-state index is 11.9. The highest BCUT2D eigenvalue weighted by molar-refractivity contribution is 5.86. The summed E-state index contributed by atoms with van der Waals surface area (Å²) in [6.45, 7) is 4.57. The van der Waals surface area contributed by atoms with Crippen LogP contribution in [0.1, 0.15) is 32.1 Å². The molecule has 3 N–H and O–H groups in total. The topological polar surface area (TPSA) is 90.9 Å². The van der Waals surface area contributed by atoms with E-state index in [4.69, 9.17) is 4.74 Å². The van der Waals surface area contributed by atoms with Crippen molar-refractivity contribution in [2.45, 2.75) is 37.6 Å². The molecule has 0 radical (unpaired) electrons. The Balaban J connectivity index is 1.68. The first kappa shape index (κ1) is 16.0. The van der Waals surface area contributed by atoms with Crippen LogP contribution in [0, 0.1) is 0 Å². The number of amides is 2. The Bertz CT molecular complexity index is 363. The van der Waals surface area contributed by atoms with Gasteiger partial charge in [0.25, 0.3) is 0 Å². The van der Waals surface area contributed by atoms with Crippen molar-refractivity contribution in [1.82, 2.24) is 15.5 Å². The number of hydrogen-bond acceptors (Lipinski definition) is 4. The molecule has 2 aliphatic heterocycles. The molecule has 0 aliphatic carbocycles. The van der Waals surface area contributed by atoms with Crippen LogP contribution in [0.5, 0.6) is 0 Å². The molecule has 2 heterocycles. The molecule has 2 rings (SSSR count). The highest BCUT2D eigenvalue weighted by atomic mass is 16.5. The maximum atomic E-state index is 11.9. The van der Waals surface area contributed by atoms with E-state index in [-0.39, 0.29) is 0 Å². The van der Waals surface area contributed by atoms with Crippen molar-refractivity contribution in [2.75, 3.05) is 39.4 Å². The van der Waals surface area contributed by atoms with Crippen LogP contribution in [0.15, 0.2) is 0 Å². The van der Waals surface area contributed by atoms with Gasteiger partial charge in [-0.3, -0.25) is 0 Å². The highest BCUT2D eigenvalue weighted by Gasteiger charge is 2.41. The SMILES string of the molecule is O=C(NCCCN1CCCC1)NC1(C(=O)O)CCOCC1. The first-order valence-corrected chi connectivity index (χ1v) is 7.72. The summed E-state index contributed by atoms with van der Waals surface area (Å²) in [7, 11) is 0. The van der Waals surface area contributed by atoms with Gasteiger partial charge in [0.15, 0.2) is 0 Å². The van der Waals surface area contributed by atoms with Gasteiger partial charge in [0.05, 0.1) is 0 Å². The van der Waals surface area contributed by atoms with Gasteiger partial charge in [-0.1, -0.05) is 0 Å². The van der Waals surface area contributed by atoms with E-state index in [9.17, 15) is 14.7 Å². The van der Waals surface area contributed by atoms with Crippen molar-refractivity contribution in [3.8, 4) is 0 Å². The summed E-state index contributed by atoms with van der Waals surface area (Å²) in [5, 5.41) is 14.7. The van der Waals surface area contributed by atoms with Crippen molar-refractivity contribution in [3.05, 3.63) is 0 Å². The van der Waals surface area contributed by atoms with E-state index in [1.165, 1.54) is 12.8 Å². The zero-order valence-electron chi connectivity index (χ0n) is 12.4. The quantitative estimate of drug-likeness (QED) is 0.618. The van der Waals surface area contributed by atoms with E-state index in [2.05, 4.69) is 15.5 Å². The molecule has 2 aliphatic rings. The van der Waals surface area contributed by atoms with Gasteiger partial charge in [0.2, 0.25) is 0 Å². The Hall–Kier alpha value is -1.34. The molecule has 0 aromatic rings. The molecule has 0 spiro atoms. The van der Waals surface area contributed by atoms with Crippen molar-refractivity contribution in [1.29, 1.82) is 0 Å². The fraction of sp³-hybridized carbons (Fsp3) is 0.857. The number of nitrogens with one attached hydrogen (secondary N) is 2. The lowest BCUT2D eigenvalue weighted by atomic mass is 9.90. The lowest BCUT2D eigenvalue weighted by molar-refractivity contribution is -0.148. The van der Waals surface area contributed by atoms with Gasteiger partial charge in [-0.2, -0.15) is 0 Å². The molecule has 7 nitrogen and oxygen atoms in total. The Kier molecular flexibility index (Phi) is 5.81. The number of urea groups is 1. The third kappa shape index (κ3) is 4.57. The Morgan fingerprint density at radius 3 is 2.48 bits per heavy atom. The molecule has 120 valence electrons. The minimum atomic E-state index is -1.18. The predicted octanol–water partition coefficient (Wildman–Crippen LogP) is 0.405. The average molecular weight is 299 g/mol. The fourth-order valence-electron chi connectivity index (χ4n) is 2.88. The van der Waals surface area contributed by atoms with Gasteiger partial charge >= 0.3 is 12.0 Å². The zero-order chi connectivity index (χ0) is 15.1. The molecule has 0 bridgehead atoms. The number of rotatable bonds is 6. The first-order valence-electron chi connectivity index (χ1n) is 7.72. The number of carbonyl (C=O) groups is 2. The molecule has 0 atom stereocenters. The Labute approximate surface area is 125 Å². The van der Waals surface area contributed by atoms with Gasteiger partial charge in [-0.15, -0.1) is 0 Å². The highest BCUT2D eigenvalue weighted by Crippen LogP contribution is 2.20. The number of carboxylic acids is 1. The number of nitrogens with zero attached hydrogens (tertiary/aromatic N) is 1. The number of hydrogen-bond donors (Lipinski definition) is 3. The summed E-state index contributed by atoms with van der Waals surface area (Å²) in [6, 6.07) is -0.402. The molecular weight excluding hydrogens is 274 g/mol. The smallest absolute Gasteiger partial charge is 0.329 e. The van der Waals surface area contributed by atoms with E-state index >= 15 is 0 Å². The fourth-order valence-corrected chi connectivity index (χ4v) is 2.88. The number of carboxylic acid groups (broad SMARTS) is 1. The summed E-state index contributed by atoms with van der Waals surface area (Å²) >= 11 is 0. The third-order valence-corrected chi connectivity index (χ3v) is 4.24. The molecule has 0 aromatic heterocycles. The Morgan fingerprint density at radius 1 is 1.19 bits per heavy atom. The van der Waals surface area contributed by atoms with Gasteiger partial charge in [0.1, 0.15) is 5.54 Å². The second kappa shape index (κ2) is 7.61. The maximum Gasteiger partial charge on any atom is 0.329 e. The number of likely N-dealkylation sites (tertiary alicyclic amines) is 1. The summed E-state index contributed by atoms with van der Waals surface area (Å²) < 4.78 is 5.17. The van der Waals surface area contributed by atoms with Crippen molar-refractivity contribution in [2.24, 2.45) is 0 Å². The number of aliphatic carboxylic acids is 1. The van der Waals surface area contributed by atoms with Crippen LogP contribution in [0.4, 0.5) is 4.79 Å². The summed E-state index contributed by atoms with van der Waals surface area (Å²) in [4.78, 5) is 25.7. The van der Waals surface area contributed by atoms with E-state index in [0.717, 1.165) is 26.1 Å². The molecule has 2 fully saturated rings.